The van der Waals surface area contributed by atoms with Gasteiger partial charge in [-0.1, -0.05) is 42.5 Å². The highest BCUT2D eigenvalue weighted by Gasteiger charge is 2.21. The summed E-state index contributed by atoms with van der Waals surface area (Å²) in [6, 6.07) is 24.7. The second-order valence-corrected chi connectivity index (χ2v) is 8.41. The van der Waals surface area contributed by atoms with Crippen molar-refractivity contribution >= 4 is 17.3 Å². The second kappa shape index (κ2) is 11.0. The van der Waals surface area contributed by atoms with Crippen molar-refractivity contribution in [1.29, 1.82) is 0 Å². The predicted molar refractivity (Wildman–Crippen MR) is 131 cm³/mol. The lowest BCUT2D eigenvalue weighted by atomic mass is 10.0. The molecule has 1 aliphatic rings. The van der Waals surface area contributed by atoms with Gasteiger partial charge in [0.2, 0.25) is 0 Å². The first kappa shape index (κ1) is 22.8. The predicted octanol–water partition coefficient (Wildman–Crippen LogP) is 4.44. The molecule has 3 N–H and O–H groups in total. The molecule has 6 heteroatoms. The van der Waals surface area contributed by atoms with E-state index in [0.717, 1.165) is 49.5 Å². The van der Waals surface area contributed by atoms with Crippen LogP contribution in [0.4, 0.5) is 11.4 Å². The van der Waals surface area contributed by atoms with E-state index in [4.69, 9.17) is 4.74 Å². The van der Waals surface area contributed by atoms with Crippen LogP contribution in [0.5, 0.6) is 5.75 Å². The highest BCUT2D eigenvalue weighted by molar-refractivity contribution is 5.97. The Morgan fingerprint density at radius 1 is 1.00 bits per heavy atom. The summed E-state index contributed by atoms with van der Waals surface area (Å²) in [5, 5.41) is 16.2. The normalized spacial score (nSPS) is 15.6. The van der Waals surface area contributed by atoms with E-state index in [1.807, 2.05) is 66.7 Å². The number of aliphatic hydroxyl groups excluding tert-OH is 1. The average Bonchev–Trinajstić information content (AvgIpc) is 2.85. The van der Waals surface area contributed by atoms with Crippen LogP contribution in [-0.4, -0.2) is 42.2 Å². The second-order valence-electron chi connectivity index (χ2n) is 8.41. The van der Waals surface area contributed by atoms with Gasteiger partial charge in [-0.2, -0.15) is 0 Å². The summed E-state index contributed by atoms with van der Waals surface area (Å²) in [5.41, 5.74) is 3.67. The number of amides is 1. The van der Waals surface area contributed by atoms with Crippen LogP contribution in [0.25, 0.3) is 0 Å². The maximum atomic E-state index is 13.3. The molecular formula is C27H31N3O3. The van der Waals surface area contributed by atoms with E-state index >= 15 is 0 Å². The molecule has 33 heavy (non-hydrogen) atoms. The average molecular weight is 446 g/mol. The zero-order valence-electron chi connectivity index (χ0n) is 18.9. The zero-order chi connectivity index (χ0) is 23.0. The summed E-state index contributed by atoms with van der Waals surface area (Å²) in [6.07, 6.45) is 1.46. The van der Waals surface area contributed by atoms with Crippen molar-refractivity contribution < 1.29 is 14.6 Å². The van der Waals surface area contributed by atoms with Gasteiger partial charge in [-0.05, 0) is 60.4 Å². The molecule has 0 spiro atoms. The molecule has 1 fully saturated rings. The molecule has 1 saturated heterocycles. The van der Waals surface area contributed by atoms with Gasteiger partial charge >= 0.3 is 0 Å². The molecule has 3 aromatic rings. The van der Waals surface area contributed by atoms with Crippen LogP contribution in [0.1, 0.15) is 30.0 Å². The number of nitrogens with one attached hydrogen (secondary N) is 2. The molecule has 1 heterocycles. The molecular weight excluding hydrogens is 414 g/mol. The quantitative estimate of drug-likeness (QED) is 0.478. The third kappa shape index (κ3) is 6.34. The lowest BCUT2D eigenvalue weighted by Crippen LogP contribution is -2.35. The van der Waals surface area contributed by atoms with Gasteiger partial charge in [0.25, 0.3) is 5.91 Å². The first-order valence-electron chi connectivity index (χ1n) is 11.4. The highest BCUT2D eigenvalue weighted by Crippen LogP contribution is 2.24. The van der Waals surface area contributed by atoms with E-state index in [0.29, 0.717) is 5.69 Å². The minimum atomic E-state index is -0.548. The fraction of sp³-hybridized carbons (Fsp3) is 0.296. The molecule has 6 nitrogen and oxygen atoms in total. The van der Waals surface area contributed by atoms with Gasteiger partial charge in [-0.3, -0.25) is 9.69 Å². The van der Waals surface area contributed by atoms with Crippen molar-refractivity contribution in [3.05, 3.63) is 90.0 Å². The number of carbonyl (C=O) groups is 1. The maximum absolute atomic E-state index is 13.3. The molecule has 0 radical (unpaired) electrons. The molecule has 0 aromatic heterocycles. The molecule has 4 rings (SSSR count). The standard InChI is InChI=1S/C27H31N3O3/c1-33-25-12-10-22(11-13-25)29-27(32)26(21-7-3-2-4-8-21)28-23-9-5-6-20(18-23)19-30-16-14-24(31)15-17-30/h2-13,18,24,26,28,31H,14-17,19H2,1H3,(H,29,32). The summed E-state index contributed by atoms with van der Waals surface area (Å²) in [6.45, 7) is 2.63. The van der Waals surface area contributed by atoms with Crippen molar-refractivity contribution in [2.24, 2.45) is 0 Å². The molecule has 1 atom stereocenters. The number of carbonyl (C=O) groups excluding carboxylic acids is 1. The van der Waals surface area contributed by atoms with E-state index in [9.17, 15) is 9.90 Å². The fourth-order valence-electron chi connectivity index (χ4n) is 4.10. The Bertz CT molecular complexity index is 1030. The van der Waals surface area contributed by atoms with Crippen LogP contribution in [0.3, 0.4) is 0 Å². The van der Waals surface area contributed by atoms with Gasteiger partial charge < -0.3 is 20.5 Å². The minimum absolute atomic E-state index is 0.137. The number of benzene rings is 3. The Balaban J connectivity index is 1.49. The molecule has 0 saturated carbocycles. The number of rotatable bonds is 8. The molecule has 3 aromatic carbocycles. The van der Waals surface area contributed by atoms with E-state index < -0.39 is 6.04 Å². The summed E-state index contributed by atoms with van der Waals surface area (Å²) in [5.74, 6) is 0.604. The van der Waals surface area contributed by atoms with Crippen LogP contribution in [-0.2, 0) is 11.3 Å². The van der Waals surface area contributed by atoms with Gasteiger partial charge in [0.1, 0.15) is 11.8 Å². The Labute approximate surface area is 195 Å². The number of ether oxygens (including phenoxy) is 1. The van der Waals surface area contributed by atoms with Crippen molar-refractivity contribution in [1.82, 2.24) is 4.90 Å². The number of nitrogens with zero attached hydrogens (tertiary/aromatic N) is 1. The SMILES string of the molecule is COc1ccc(NC(=O)C(Nc2cccc(CN3CCC(O)CC3)c2)c2ccccc2)cc1. The summed E-state index contributed by atoms with van der Waals surface area (Å²) in [7, 11) is 1.62. The third-order valence-electron chi connectivity index (χ3n) is 5.95. The van der Waals surface area contributed by atoms with Gasteiger partial charge in [-0.15, -0.1) is 0 Å². The van der Waals surface area contributed by atoms with Crippen LogP contribution < -0.4 is 15.4 Å². The lowest BCUT2D eigenvalue weighted by molar-refractivity contribution is -0.117. The van der Waals surface area contributed by atoms with Crippen molar-refractivity contribution in [2.75, 3.05) is 30.8 Å². The Morgan fingerprint density at radius 3 is 2.42 bits per heavy atom. The Kier molecular flexibility index (Phi) is 7.60. The number of aliphatic hydroxyl groups is 1. The topological polar surface area (TPSA) is 73.8 Å². The van der Waals surface area contributed by atoms with Crippen molar-refractivity contribution in [3.63, 3.8) is 0 Å². The van der Waals surface area contributed by atoms with Crippen LogP contribution in [0, 0.1) is 0 Å². The maximum Gasteiger partial charge on any atom is 0.251 e. The lowest BCUT2D eigenvalue weighted by Gasteiger charge is -2.29. The van der Waals surface area contributed by atoms with E-state index in [1.165, 1.54) is 5.56 Å². The Hall–Kier alpha value is -3.35. The number of hydrogen-bond acceptors (Lipinski definition) is 5. The van der Waals surface area contributed by atoms with Gasteiger partial charge in [0.15, 0.2) is 0 Å². The number of anilines is 2. The zero-order valence-corrected chi connectivity index (χ0v) is 18.9. The number of hydrogen-bond donors (Lipinski definition) is 3. The first-order valence-corrected chi connectivity index (χ1v) is 11.4. The number of methoxy groups -OCH3 is 1. The highest BCUT2D eigenvalue weighted by atomic mass is 16.5. The third-order valence-corrected chi connectivity index (χ3v) is 5.95. The van der Waals surface area contributed by atoms with Crippen LogP contribution in [0.15, 0.2) is 78.9 Å². The van der Waals surface area contributed by atoms with E-state index in [-0.39, 0.29) is 12.0 Å². The molecule has 0 bridgehead atoms. The summed E-state index contributed by atoms with van der Waals surface area (Å²) < 4.78 is 5.20. The van der Waals surface area contributed by atoms with Crippen LogP contribution in [0.2, 0.25) is 0 Å². The van der Waals surface area contributed by atoms with Crippen molar-refractivity contribution in [3.8, 4) is 5.75 Å². The molecule has 172 valence electrons. The monoisotopic (exact) mass is 445 g/mol. The summed E-state index contributed by atoms with van der Waals surface area (Å²) in [4.78, 5) is 15.6. The van der Waals surface area contributed by atoms with Crippen LogP contribution >= 0.6 is 0 Å². The first-order chi connectivity index (χ1) is 16.1. The van der Waals surface area contributed by atoms with E-state index in [1.54, 1.807) is 7.11 Å². The van der Waals surface area contributed by atoms with E-state index in [2.05, 4.69) is 27.7 Å². The number of piperidine rings is 1. The number of likely N-dealkylation sites (tertiary alicyclic amines) is 1. The van der Waals surface area contributed by atoms with Gasteiger partial charge in [0, 0.05) is 31.0 Å². The molecule has 1 aliphatic heterocycles. The Morgan fingerprint density at radius 2 is 1.73 bits per heavy atom. The largest absolute Gasteiger partial charge is 0.497 e. The minimum Gasteiger partial charge on any atom is -0.497 e. The van der Waals surface area contributed by atoms with Gasteiger partial charge in [-0.25, -0.2) is 0 Å². The summed E-state index contributed by atoms with van der Waals surface area (Å²) >= 11 is 0. The fourth-order valence-corrected chi connectivity index (χ4v) is 4.10. The molecule has 1 unspecified atom stereocenters. The molecule has 0 aliphatic carbocycles. The van der Waals surface area contributed by atoms with Gasteiger partial charge in [0.05, 0.1) is 13.2 Å². The molecule has 1 amide bonds. The smallest absolute Gasteiger partial charge is 0.251 e. The van der Waals surface area contributed by atoms with Crippen molar-refractivity contribution in [2.45, 2.75) is 31.5 Å².